The van der Waals surface area contributed by atoms with Crippen LogP contribution in [0.5, 0.6) is 11.5 Å². The first-order valence-electron chi connectivity index (χ1n) is 8.54. The molecule has 10 nitrogen and oxygen atoms in total. The molecule has 3 rings (SSSR count). The molecule has 30 heavy (non-hydrogen) atoms. The van der Waals surface area contributed by atoms with Crippen LogP contribution in [0.15, 0.2) is 46.4 Å². The number of aromatic hydroxyl groups is 1. The minimum absolute atomic E-state index is 0.0587. The Hall–Kier alpha value is -3.73. The number of ether oxygens (including phenoxy) is 1. The van der Waals surface area contributed by atoms with Crippen molar-refractivity contribution in [3.63, 3.8) is 0 Å². The van der Waals surface area contributed by atoms with E-state index in [0.29, 0.717) is 10.5 Å². The number of nitrogens with zero attached hydrogens (tertiary/aromatic N) is 2. The summed E-state index contributed by atoms with van der Waals surface area (Å²) >= 11 is 3.17. The van der Waals surface area contributed by atoms with E-state index in [1.807, 2.05) is 0 Å². The van der Waals surface area contributed by atoms with Gasteiger partial charge in [-0.2, -0.15) is 0 Å². The van der Waals surface area contributed by atoms with Gasteiger partial charge in [0.1, 0.15) is 5.57 Å². The average molecular weight is 476 g/mol. The summed E-state index contributed by atoms with van der Waals surface area (Å²) in [5.41, 5.74) is -0.135. The van der Waals surface area contributed by atoms with Crippen LogP contribution in [0.4, 0.5) is 16.2 Å². The predicted molar refractivity (Wildman–Crippen MR) is 109 cm³/mol. The Bertz CT molecular complexity index is 1100. The maximum atomic E-state index is 12.9. The van der Waals surface area contributed by atoms with Crippen molar-refractivity contribution >= 4 is 51.2 Å². The number of hydrogen-bond acceptors (Lipinski definition) is 7. The number of carbonyl (C=O) groups excluding carboxylic acids is 3. The molecule has 11 heteroatoms. The molecule has 0 bridgehead atoms. The predicted octanol–water partition coefficient (Wildman–Crippen LogP) is 3.13. The third-order valence-corrected chi connectivity index (χ3v) is 4.69. The van der Waals surface area contributed by atoms with Crippen LogP contribution in [0.1, 0.15) is 12.5 Å². The van der Waals surface area contributed by atoms with E-state index in [9.17, 15) is 29.6 Å². The molecule has 0 aliphatic carbocycles. The molecule has 1 fully saturated rings. The van der Waals surface area contributed by atoms with Gasteiger partial charge in [0, 0.05) is 12.1 Å². The van der Waals surface area contributed by atoms with Crippen LogP contribution < -0.4 is 15.0 Å². The fraction of sp³-hybridized carbons (Fsp3) is 0.105. The molecule has 1 heterocycles. The van der Waals surface area contributed by atoms with E-state index in [1.165, 1.54) is 30.3 Å². The van der Waals surface area contributed by atoms with Crippen molar-refractivity contribution in [3.05, 3.63) is 62.1 Å². The van der Waals surface area contributed by atoms with E-state index in [4.69, 9.17) is 4.74 Å². The molecule has 0 aromatic heterocycles. The Labute approximate surface area is 178 Å². The average Bonchev–Trinajstić information content (AvgIpc) is 2.69. The lowest BCUT2D eigenvalue weighted by Gasteiger charge is -2.26. The maximum absolute atomic E-state index is 12.9. The number of imide groups is 2. The molecule has 154 valence electrons. The first-order valence-corrected chi connectivity index (χ1v) is 9.33. The number of non-ortho nitro benzene ring substituents is 1. The Kier molecular flexibility index (Phi) is 5.83. The normalized spacial score (nSPS) is 15.3. The van der Waals surface area contributed by atoms with E-state index in [0.717, 1.165) is 12.1 Å². The number of rotatable bonds is 5. The van der Waals surface area contributed by atoms with Gasteiger partial charge in [0.05, 0.1) is 21.7 Å². The summed E-state index contributed by atoms with van der Waals surface area (Å²) in [6.45, 7) is 2.01. The second kappa shape index (κ2) is 8.33. The summed E-state index contributed by atoms with van der Waals surface area (Å²) in [5.74, 6) is -1.79. The first-order chi connectivity index (χ1) is 14.2. The second-order valence-electron chi connectivity index (χ2n) is 6.01. The fourth-order valence-corrected chi connectivity index (χ4v) is 3.18. The largest absolute Gasteiger partial charge is 0.503 e. The summed E-state index contributed by atoms with van der Waals surface area (Å²) in [5, 5.41) is 22.9. The fourth-order valence-electron chi connectivity index (χ4n) is 2.72. The molecule has 2 aromatic carbocycles. The van der Waals surface area contributed by atoms with Crippen LogP contribution in [0.3, 0.4) is 0 Å². The van der Waals surface area contributed by atoms with Gasteiger partial charge in [-0.15, -0.1) is 0 Å². The third kappa shape index (κ3) is 4.01. The number of nitrogens with one attached hydrogen (secondary N) is 1. The minimum atomic E-state index is -0.974. The third-order valence-electron chi connectivity index (χ3n) is 4.08. The second-order valence-corrected chi connectivity index (χ2v) is 6.87. The highest BCUT2D eigenvalue weighted by Gasteiger charge is 2.37. The van der Waals surface area contributed by atoms with Crippen molar-refractivity contribution in [1.82, 2.24) is 5.32 Å². The van der Waals surface area contributed by atoms with E-state index >= 15 is 0 Å². The van der Waals surface area contributed by atoms with Crippen LogP contribution in [0.25, 0.3) is 6.08 Å². The van der Waals surface area contributed by atoms with Crippen LogP contribution in [-0.2, 0) is 9.59 Å². The Morgan fingerprint density at radius 1 is 1.23 bits per heavy atom. The molecule has 1 aliphatic heterocycles. The van der Waals surface area contributed by atoms with E-state index in [1.54, 1.807) is 6.92 Å². The van der Waals surface area contributed by atoms with Gasteiger partial charge in [0.2, 0.25) is 0 Å². The van der Waals surface area contributed by atoms with Gasteiger partial charge < -0.3 is 9.84 Å². The van der Waals surface area contributed by atoms with Crippen molar-refractivity contribution in [2.45, 2.75) is 6.92 Å². The van der Waals surface area contributed by atoms with Crippen LogP contribution in [0, 0.1) is 10.1 Å². The monoisotopic (exact) mass is 475 g/mol. The zero-order valence-electron chi connectivity index (χ0n) is 15.4. The highest BCUT2D eigenvalue weighted by Crippen LogP contribution is 2.36. The molecule has 0 radical (unpaired) electrons. The standard InChI is InChI=1S/C19H14BrN3O7/c1-2-30-15-9-10(8-14(20)16(15)24)7-13-17(25)21-19(27)22(18(13)26)11-3-5-12(6-4-11)23(28)29/h3-9,24H,2H2,1H3,(H,21,25,27). The molecule has 0 spiro atoms. The van der Waals surface area contributed by atoms with Crippen molar-refractivity contribution < 1.29 is 29.2 Å². The molecule has 0 unspecified atom stereocenters. The molecule has 2 aromatic rings. The molecule has 1 saturated heterocycles. The van der Waals surface area contributed by atoms with Crippen molar-refractivity contribution in [1.29, 1.82) is 0 Å². The molecular weight excluding hydrogens is 462 g/mol. The number of benzene rings is 2. The Morgan fingerprint density at radius 3 is 2.50 bits per heavy atom. The van der Waals surface area contributed by atoms with Gasteiger partial charge in [0.25, 0.3) is 17.5 Å². The number of urea groups is 1. The van der Waals surface area contributed by atoms with Crippen molar-refractivity contribution in [2.24, 2.45) is 0 Å². The topological polar surface area (TPSA) is 139 Å². The van der Waals surface area contributed by atoms with Gasteiger partial charge in [0.15, 0.2) is 11.5 Å². The summed E-state index contributed by atoms with van der Waals surface area (Å²) < 4.78 is 5.61. The molecule has 2 N–H and O–H groups in total. The van der Waals surface area contributed by atoms with E-state index < -0.39 is 22.8 Å². The zero-order chi connectivity index (χ0) is 22.0. The molecule has 1 aliphatic rings. The van der Waals surface area contributed by atoms with E-state index in [-0.39, 0.29) is 39.5 Å². The Balaban J connectivity index is 2.01. The number of nitro benzene ring substituents is 1. The number of nitro groups is 1. The molecule has 0 atom stereocenters. The number of phenols is 1. The van der Waals surface area contributed by atoms with Gasteiger partial charge in [-0.1, -0.05) is 0 Å². The summed E-state index contributed by atoms with van der Waals surface area (Å²) in [4.78, 5) is 48.3. The van der Waals surface area contributed by atoms with Crippen LogP contribution in [0.2, 0.25) is 0 Å². The number of amides is 4. The van der Waals surface area contributed by atoms with Crippen LogP contribution >= 0.6 is 15.9 Å². The highest BCUT2D eigenvalue weighted by atomic mass is 79.9. The minimum Gasteiger partial charge on any atom is -0.503 e. The van der Waals surface area contributed by atoms with Gasteiger partial charge in [-0.3, -0.25) is 25.0 Å². The summed E-state index contributed by atoms with van der Waals surface area (Å²) in [7, 11) is 0. The molecular formula is C19H14BrN3O7. The lowest BCUT2D eigenvalue weighted by Crippen LogP contribution is -2.54. The number of phenolic OH excluding ortho intramolecular Hbond substituents is 1. The van der Waals surface area contributed by atoms with E-state index in [2.05, 4.69) is 21.2 Å². The van der Waals surface area contributed by atoms with Gasteiger partial charge in [-0.25, -0.2) is 9.69 Å². The first kappa shape index (κ1) is 21.0. The lowest BCUT2D eigenvalue weighted by molar-refractivity contribution is -0.384. The smallest absolute Gasteiger partial charge is 0.335 e. The van der Waals surface area contributed by atoms with Crippen molar-refractivity contribution in [2.75, 3.05) is 11.5 Å². The quantitative estimate of drug-likeness (QED) is 0.293. The summed E-state index contributed by atoms with van der Waals surface area (Å²) in [6, 6.07) is 6.67. The SMILES string of the molecule is CCOc1cc(C=C2C(=O)NC(=O)N(c3ccc([N+](=O)[O-])cc3)C2=O)cc(Br)c1O. The lowest BCUT2D eigenvalue weighted by atomic mass is 10.1. The number of anilines is 1. The van der Waals surface area contributed by atoms with Crippen LogP contribution in [-0.4, -0.2) is 34.5 Å². The van der Waals surface area contributed by atoms with Gasteiger partial charge >= 0.3 is 6.03 Å². The maximum Gasteiger partial charge on any atom is 0.335 e. The summed E-state index contributed by atoms with van der Waals surface area (Å²) in [6.07, 6.45) is 1.25. The number of halogens is 1. The van der Waals surface area contributed by atoms with Crippen molar-refractivity contribution in [3.8, 4) is 11.5 Å². The Morgan fingerprint density at radius 2 is 1.90 bits per heavy atom. The molecule has 4 amide bonds. The molecule has 0 saturated carbocycles. The zero-order valence-corrected chi connectivity index (χ0v) is 17.0. The van der Waals surface area contributed by atoms with Gasteiger partial charge in [-0.05, 0) is 58.8 Å². The number of carbonyl (C=O) groups is 3. The number of hydrogen-bond donors (Lipinski definition) is 2. The number of barbiturate groups is 1. The highest BCUT2D eigenvalue weighted by molar-refractivity contribution is 9.10.